The highest BCUT2D eigenvalue weighted by Crippen LogP contribution is 2.15. The van der Waals surface area contributed by atoms with E-state index in [2.05, 4.69) is 15.6 Å². The minimum atomic E-state index is 0.0157. The van der Waals surface area contributed by atoms with Crippen LogP contribution in [0.15, 0.2) is 18.3 Å². The van der Waals surface area contributed by atoms with Crippen LogP contribution in [0.4, 0.5) is 5.82 Å². The van der Waals surface area contributed by atoms with Crippen molar-refractivity contribution in [2.24, 2.45) is 5.92 Å². The van der Waals surface area contributed by atoms with E-state index in [0.717, 1.165) is 25.9 Å². The minimum Gasteiger partial charge on any atom is -0.316 e. The molecule has 1 unspecified atom stereocenters. The molecule has 1 aromatic heterocycles. The van der Waals surface area contributed by atoms with E-state index in [4.69, 9.17) is 11.6 Å². The van der Waals surface area contributed by atoms with E-state index in [1.54, 1.807) is 18.3 Å². The third-order valence-electron chi connectivity index (χ3n) is 2.64. The first kappa shape index (κ1) is 11.4. The number of amides is 1. The van der Waals surface area contributed by atoms with Crippen molar-refractivity contribution in [2.45, 2.75) is 12.8 Å². The fourth-order valence-corrected chi connectivity index (χ4v) is 1.94. The lowest BCUT2D eigenvalue weighted by molar-refractivity contribution is -0.120. The Morgan fingerprint density at radius 2 is 2.50 bits per heavy atom. The maximum absolute atomic E-state index is 11.8. The molecule has 86 valence electrons. The zero-order valence-corrected chi connectivity index (χ0v) is 9.63. The molecule has 0 radical (unpaired) electrons. The van der Waals surface area contributed by atoms with E-state index in [1.807, 2.05) is 0 Å². The Bertz CT molecular complexity index is 377. The molecule has 1 aliphatic heterocycles. The maximum Gasteiger partial charge on any atom is 0.229 e. The maximum atomic E-state index is 11.8. The average Bonchev–Trinajstić information content (AvgIpc) is 2.30. The smallest absolute Gasteiger partial charge is 0.229 e. The summed E-state index contributed by atoms with van der Waals surface area (Å²) in [5, 5.41) is 6.56. The molecule has 0 spiro atoms. The lowest BCUT2D eigenvalue weighted by Gasteiger charge is -2.21. The largest absolute Gasteiger partial charge is 0.316 e. The number of anilines is 1. The van der Waals surface area contributed by atoms with Crippen LogP contribution in [0.25, 0.3) is 0 Å². The molecule has 16 heavy (non-hydrogen) atoms. The third-order valence-corrected chi connectivity index (χ3v) is 2.88. The molecule has 0 bridgehead atoms. The Morgan fingerprint density at radius 1 is 1.62 bits per heavy atom. The quantitative estimate of drug-likeness (QED) is 0.826. The van der Waals surface area contributed by atoms with Gasteiger partial charge in [0.15, 0.2) is 0 Å². The number of piperidine rings is 1. The minimum absolute atomic E-state index is 0.0157. The highest BCUT2D eigenvalue weighted by atomic mass is 35.5. The van der Waals surface area contributed by atoms with Gasteiger partial charge in [0.25, 0.3) is 0 Å². The van der Waals surface area contributed by atoms with Crippen LogP contribution in [0.1, 0.15) is 12.8 Å². The number of halogens is 1. The van der Waals surface area contributed by atoms with Gasteiger partial charge in [-0.1, -0.05) is 11.6 Å². The van der Waals surface area contributed by atoms with Crippen LogP contribution in [-0.2, 0) is 4.79 Å². The van der Waals surface area contributed by atoms with Gasteiger partial charge in [-0.15, -0.1) is 0 Å². The third kappa shape index (κ3) is 2.93. The lowest BCUT2D eigenvalue weighted by Crippen LogP contribution is -2.37. The molecule has 2 N–H and O–H groups in total. The predicted molar refractivity (Wildman–Crippen MR) is 63.5 cm³/mol. The number of nitrogens with zero attached hydrogens (tertiary/aromatic N) is 1. The van der Waals surface area contributed by atoms with Crippen LogP contribution in [0.3, 0.4) is 0 Å². The number of rotatable bonds is 2. The lowest BCUT2D eigenvalue weighted by atomic mass is 9.99. The normalized spacial score (nSPS) is 20.4. The number of carbonyl (C=O) groups excluding carboxylic acids is 1. The standard InChI is InChI=1S/C11H14ClN3O/c12-9-3-5-14-10(6-9)15-11(16)8-2-1-4-13-7-8/h3,5-6,8,13H,1-2,4,7H2,(H,14,15,16). The second-order valence-electron chi connectivity index (χ2n) is 3.89. The summed E-state index contributed by atoms with van der Waals surface area (Å²) in [6.45, 7) is 1.74. The van der Waals surface area contributed by atoms with Crippen LogP contribution in [0, 0.1) is 5.92 Å². The van der Waals surface area contributed by atoms with E-state index in [0.29, 0.717) is 10.8 Å². The van der Waals surface area contributed by atoms with Crippen molar-refractivity contribution in [1.29, 1.82) is 0 Å². The van der Waals surface area contributed by atoms with Gasteiger partial charge in [0.2, 0.25) is 5.91 Å². The van der Waals surface area contributed by atoms with E-state index < -0.39 is 0 Å². The molecule has 1 amide bonds. The number of hydrogen-bond acceptors (Lipinski definition) is 3. The second kappa shape index (κ2) is 5.27. The molecule has 1 aliphatic rings. The SMILES string of the molecule is O=C(Nc1cc(Cl)ccn1)C1CCCNC1. The molecule has 1 saturated heterocycles. The first-order valence-corrected chi connectivity index (χ1v) is 5.76. The number of pyridine rings is 1. The number of aromatic nitrogens is 1. The summed E-state index contributed by atoms with van der Waals surface area (Å²) in [7, 11) is 0. The Morgan fingerprint density at radius 3 is 3.19 bits per heavy atom. The molecular weight excluding hydrogens is 226 g/mol. The monoisotopic (exact) mass is 239 g/mol. The molecule has 1 aromatic rings. The van der Waals surface area contributed by atoms with E-state index in [-0.39, 0.29) is 11.8 Å². The van der Waals surface area contributed by atoms with Gasteiger partial charge in [-0.05, 0) is 31.5 Å². The topological polar surface area (TPSA) is 54.0 Å². The van der Waals surface area contributed by atoms with Crippen molar-refractivity contribution < 1.29 is 4.79 Å². The summed E-state index contributed by atoms with van der Waals surface area (Å²) in [5.41, 5.74) is 0. The van der Waals surface area contributed by atoms with Crippen molar-refractivity contribution in [1.82, 2.24) is 10.3 Å². The summed E-state index contributed by atoms with van der Waals surface area (Å²) < 4.78 is 0. The summed E-state index contributed by atoms with van der Waals surface area (Å²) in [4.78, 5) is 15.9. The van der Waals surface area contributed by atoms with Crippen LogP contribution in [0.5, 0.6) is 0 Å². The second-order valence-corrected chi connectivity index (χ2v) is 4.33. The summed E-state index contributed by atoms with van der Waals surface area (Å²) >= 11 is 5.81. The van der Waals surface area contributed by atoms with Gasteiger partial charge in [0, 0.05) is 17.8 Å². The van der Waals surface area contributed by atoms with Crippen molar-refractivity contribution >= 4 is 23.3 Å². The van der Waals surface area contributed by atoms with Crippen LogP contribution >= 0.6 is 11.6 Å². The van der Waals surface area contributed by atoms with E-state index in [9.17, 15) is 4.79 Å². The molecular formula is C11H14ClN3O. The predicted octanol–water partition coefficient (Wildman–Crippen LogP) is 1.67. The summed E-state index contributed by atoms with van der Waals surface area (Å²) in [6, 6.07) is 3.33. The Labute approximate surface area is 99.4 Å². The molecule has 1 fully saturated rings. The van der Waals surface area contributed by atoms with Crippen LogP contribution in [0.2, 0.25) is 5.02 Å². The Balaban J connectivity index is 1.96. The first-order chi connectivity index (χ1) is 7.75. The summed E-state index contributed by atoms with van der Waals surface area (Å²) in [6.07, 6.45) is 3.55. The highest BCUT2D eigenvalue weighted by molar-refractivity contribution is 6.30. The van der Waals surface area contributed by atoms with Gasteiger partial charge in [-0.3, -0.25) is 4.79 Å². The molecule has 2 rings (SSSR count). The average molecular weight is 240 g/mol. The van der Waals surface area contributed by atoms with Crippen molar-refractivity contribution in [3.63, 3.8) is 0 Å². The van der Waals surface area contributed by atoms with Crippen LogP contribution < -0.4 is 10.6 Å². The molecule has 0 aromatic carbocycles. The van der Waals surface area contributed by atoms with Crippen molar-refractivity contribution in [3.8, 4) is 0 Å². The van der Waals surface area contributed by atoms with E-state index in [1.165, 1.54) is 0 Å². The van der Waals surface area contributed by atoms with Gasteiger partial charge in [-0.25, -0.2) is 4.98 Å². The highest BCUT2D eigenvalue weighted by Gasteiger charge is 2.20. The molecule has 0 aliphatic carbocycles. The molecule has 2 heterocycles. The molecule has 0 saturated carbocycles. The molecule has 5 heteroatoms. The zero-order chi connectivity index (χ0) is 11.4. The fourth-order valence-electron chi connectivity index (χ4n) is 1.78. The van der Waals surface area contributed by atoms with Gasteiger partial charge in [0.1, 0.15) is 5.82 Å². The fraction of sp³-hybridized carbons (Fsp3) is 0.455. The van der Waals surface area contributed by atoms with Crippen molar-refractivity contribution in [2.75, 3.05) is 18.4 Å². The first-order valence-electron chi connectivity index (χ1n) is 5.39. The van der Waals surface area contributed by atoms with E-state index >= 15 is 0 Å². The molecule has 1 atom stereocenters. The van der Waals surface area contributed by atoms with Crippen LogP contribution in [-0.4, -0.2) is 24.0 Å². The van der Waals surface area contributed by atoms with Crippen molar-refractivity contribution in [3.05, 3.63) is 23.4 Å². The zero-order valence-electron chi connectivity index (χ0n) is 8.87. The molecule has 4 nitrogen and oxygen atoms in total. The summed E-state index contributed by atoms with van der Waals surface area (Å²) in [5.74, 6) is 0.569. The van der Waals surface area contributed by atoms with Gasteiger partial charge < -0.3 is 10.6 Å². The van der Waals surface area contributed by atoms with Gasteiger partial charge in [0.05, 0.1) is 5.92 Å². The van der Waals surface area contributed by atoms with Gasteiger partial charge >= 0.3 is 0 Å². The Hall–Kier alpha value is -1.13. The number of carbonyl (C=O) groups is 1. The number of hydrogen-bond donors (Lipinski definition) is 2. The number of nitrogens with one attached hydrogen (secondary N) is 2. The Kier molecular flexibility index (Phi) is 3.74. The van der Waals surface area contributed by atoms with Gasteiger partial charge in [-0.2, -0.15) is 0 Å².